The summed E-state index contributed by atoms with van der Waals surface area (Å²) in [4.78, 5) is 43.8. The molecule has 186 valence electrons. The molecule has 2 aliphatic rings. The molecule has 34 heavy (non-hydrogen) atoms. The molecule has 0 bridgehead atoms. The number of ether oxygens (including phenoxy) is 1. The summed E-state index contributed by atoms with van der Waals surface area (Å²) in [6, 6.07) is 6.02. The first-order valence-electron chi connectivity index (χ1n) is 11.5. The number of amides is 4. The van der Waals surface area contributed by atoms with Gasteiger partial charge in [0.2, 0.25) is 0 Å². The van der Waals surface area contributed by atoms with Crippen LogP contribution in [0.15, 0.2) is 35.5 Å². The molecule has 0 unspecified atom stereocenters. The Hall–Kier alpha value is -2.78. The van der Waals surface area contributed by atoms with Crippen molar-refractivity contribution in [2.45, 2.75) is 39.3 Å². The summed E-state index contributed by atoms with van der Waals surface area (Å²) in [6.07, 6.45) is 0. The van der Waals surface area contributed by atoms with Crippen molar-refractivity contribution in [2.75, 3.05) is 46.4 Å². The molecule has 2 heterocycles. The molecule has 0 spiro atoms. The smallest absolute Gasteiger partial charge is 0.338 e. The van der Waals surface area contributed by atoms with Gasteiger partial charge in [-0.25, -0.2) is 14.4 Å². The number of nitrogens with one attached hydrogen (secondary N) is 2. The maximum atomic E-state index is 13.1. The number of halogens is 1. The van der Waals surface area contributed by atoms with Crippen LogP contribution in [0.1, 0.15) is 39.3 Å². The Kier molecular flexibility index (Phi) is 8.09. The number of rotatable bonds is 5. The number of hydrogen-bond donors (Lipinski definition) is 2. The lowest BCUT2D eigenvalue weighted by atomic mass is 9.94. The Morgan fingerprint density at radius 2 is 1.88 bits per heavy atom. The van der Waals surface area contributed by atoms with Crippen molar-refractivity contribution in [3.8, 4) is 0 Å². The molecular weight excluding hydrogens is 458 g/mol. The van der Waals surface area contributed by atoms with E-state index in [0.717, 1.165) is 0 Å². The van der Waals surface area contributed by atoms with E-state index in [4.69, 9.17) is 16.3 Å². The maximum absolute atomic E-state index is 13.1. The highest BCUT2D eigenvalue weighted by Gasteiger charge is 2.38. The summed E-state index contributed by atoms with van der Waals surface area (Å²) in [7, 11) is 1.64. The number of piperazine rings is 1. The first kappa shape index (κ1) is 25.8. The Bertz CT molecular complexity index is 966. The Morgan fingerprint density at radius 1 is 1.21 bits per heavy atom. The Morgan fingerprint density at radius 3 is 2.47 bits per heavy atom. The molecule has 0 radical (unpaired) electrons. The van der Waals surface area contributed by atoms with E-state index in [1.165, 1.54) is 4.90 Å². The third kappa shape index (κ3) is 6.21. The first-order valence-corrected chi connectivity index (χ1v) is 11.9. The number of urea groups is 2. The minimum absolute atomic E-state index is 0.0891. The van der Waals surface area contributed by atoms with Gasteiger partial charge in [-0.1, -0.05) is 23.7 Å². The van der Waals surface area contributed by atoms with Gasteiger partial charge in [0.25, 0.3) is 0 Å². The molecular formula is C24H34ClN5O4. The fraction of sp³-hybridized carbons (Fsp3) is 0.542. The van der Waals surface area contributed by atoms with Crippen molar-refractivity contribution in [2.24, 2.45) is 0 Å². The lowest BCUT2D eigenvalue weighted by molar-refractivity contribution is -0.139. The monoisotopic (exact) mass is 491 g/mol. The fourth-order valence-corrected chi connectivity index (χ4v) is 4.25. The third-order valence-electron chi connectivity index (χ3n) is 5.77. The van der Waals surface area contributed by atoms with Crippen LogP contribution in [0.4, 0.5) is 9.59 Å². The van der Waals surface area contributed by atoms with Crippen LogP contribution in [0.5, 0.6) is 0 Å². The predicted octanol–water partition coefficient (Wildman–Crippen LogP) is 2.98. The molecule has 9 nitrogen and oxygen atoms in total. The standard InChI is InChI=1S/C24H34ClN5O4/c1-6-34-21(31)19-18(15-29-10-12-30(13-11-29)23(33)27-24(2,3)4)28(5)22(32)26-20(19)16-8-7-9-17(25)14-16/h7-9,14,20H,6,10-13,15H2,1-5H3,(H,26,32)(H,27,33)/t20-/m0/s1. The molecule has 0 aliphatic carbocycles. The van der Waals surface area contributed by atoms with E-state index in [1.54, 1.807) is 37.1 Å². The Labute approximate surface area is 206 Å². The van der Waals surface area contributed by atoms with Crippen molar-refractivity contribution in [1.82, 2.24) is 25.3 Å². The van der Waals surface area contributed by atoms with Gasteiger partial charge in [0.05, 0.1) is 18.2 Å². The van der Waals surface area contributed by atoms with Crippen LogP contribution >= 0.6 is 11.6 Å². The van der Waals surface area contributed by atoms with Crippen LogP contribution in [0, 0.1) is 0 Å². The highest BCUT2D eigenvalue weighted by atomic mass is 35.5. The van der Waals surface area contributed by atoms with E-state index in [0.29, 0.717) is 54.6 Å². The second kappa shape index (κ2) is 10.7. The van der Waals surface area contributed by atoms with E-state index >= 15 is 0 Å². The lowest BCUT2D eigenvalue weighted by Crippen LogP contribution is -2.56. The zero-order valence-electron chi connectivity index (χ0n) is 20.5. The SMILES string of the molecule is CCOC(=O)C1=C(CN2CCN(C(=O)NC(C)(C)C)CC2)N(C)C(=O)N[C@H]1c1cccc(Cl)c1. The summed E-state index contributed by atoms with van der Waals surface area (Å²) >= 11 is 6.19. The van der Waals surface area contributed by atoms with E-state index in [-0.39, 0.29) is 24.2 Å². The van der Waals surface area contributed by atoms with Crippen molar-refractivity contribution >= 4 is 29.6 Å². The molecule has 10 heteroatoms. The quantitative estimate of drug-likeness (QED) is 0.617. The zero-order valence-corrected chi connectivity index (χ0v) is 21.2. The van der Waals surface area contributed by atoms with Gasteiger partial charge in [-0.3, -0.25) is 9.80 Å². The molecule has 2 N–H and O–H groups in total. The number of esters is 1. The largest absolute Gasteiger partial charge is 0.463 e. The van der Waals surface area contributed by atoms with Crippen LogP contribution in [-0.4, -0.2) is 84.6 Å². The van der Waals surface area contributed by atoms with Crippen molar-refractivity contribution in [3.63, 3.8) is 0 Å². The van der Waals surface area contributed by atoms with Gasteiger partial charge in [0, 0.05) is 56.0 Å². The average molecular weight is 492 g/mol. The summed E-state index contributed by atoms with van der Waals surface area (Å²) in [5.74, 6) is -0.475. The minimum Gasteiger partial charge on any atom is -0.463 e. The van der Waals surface area contributed by atoms with E-state index in [2.05, 4.69) is 15.5 Å². The van der Waals surface area contributed by atoms with Crippen molar-refractivity contribution < 1.29 is 19.1 Å². The summed E-state index contributed by atoms with van der Waals surface area (Å²) in [6.45, 7) is 10.5. The van der Waals surface area contributed by atoms with Gasteiger partial charge in [0.1, 0.15) is 0 Å². The minimum atomic E-state index is -0.671. The number of likely N-dealkylation sites (N-methyl/N-ethyl adjacent to an activating group) is 1. The van der Waals surface area contributed by atoms with E-state index in [1.807, 2.05) is 26.8 Å². The van der Waals surface area contributed by atoms with Crippen LogP contribution in [0.3, 0.4) is 0 Å². The second-order valence-corrected chi connectivity index (χ2v) is 9.96. The third-order valence-corrected chi connectivity index (χ3v) is 6.00. The van der Waals surface area contributed by atoms with Crippen LogP contribution < -0.4 is 10.6 Å². The van der Waals surface area contributed by atoms with Gasteiger partial charge in [-0.2, -0.15) is 0 Å². The molecule has 1 saturated heterocycles. The van der Waals surface area contributed by atoms with Gasteiger partial charge < -0.3 is 20.3 Å². The number of carbonyl (C=O) groups excluding carboxylic acids is 3. The highest BCUT2D eigenvalue weighted by molar-refractivity contribution is 6.30. The summed E-state index contributed by atoms with van der Waals surface area (Å²) < 4.78 is 5.37. The molecule has 4 amide bonds. The summed E-state index contributed by atoms with van der Waals surface area (Å²) in [5.41, 5.74) is 1.37. The maximum Gasteiger partial charge on any atom is 0.338 e. The molecule has 0 saturated carbocycles. The fourth-order valence-electron chi connectivity index (χ4n) is 4.05. The predicted molar refractivity (Wildman–Crippen MR) is 130 cm³/mol. The first-order chi connectivity index (χ1) is 16.0. The topological polar surface area (TPSA) is 94.2 Å². The zero-order chi connectivity index (χ0) is 25.0. The molecule has 1 atom stereocenters. The highest BCUT2D eigenvalue weighted by Crippen LogP contribution is 2.32. The van der Waals surface area contributed by atoms with Crippen LogP contribution in [-0.2, 0) is 9.53 Å². The normalized spacial score (nSPS) is 19.7. The number of hydrogen-bond acceptors (Lipinski definition) is 5. The lowest BCUT2D eigenvalue weighted by Gasteiger charge is -2.40. The molecule has 0 aromatic heterocycles. The van der Waals surface area contributed by atoms with Gasteiger partial charge in [-0.05, 0) is 45.4 Å². The van der Waals surface area contributed by atoms with Gasteiger partial charge in [-0.15, -0.1) is 0 Å². The van der Waals surface area contributed by atoms with Crippen LogP contribution in [0.2, 0.25) is 5.02 Å². The van der Waals surface area contributed by atoms with Crippen LogP contribution in [0.25, 0.3) is 0 Å². The van der Waals surface area contributed by atoms with Crippen molar-refractivity contribution in [1.29, 1.82) is 0 Å². The van der Waals surface area contributed by atoms with Gasteiger partial charge >= 0.3 is 18.0 Å². The number of benzene rings is 1. The molecule has 1 aromatic rings. The summed E-state index contributed by atoms with van der Waals surface area (Å²) in [5, 5.41) is 6.40. The Balaban J connectivity index is 1.85. The average Bonchev–Trinajstić information content (AvgIpc) is 2.76. The molecule has 1 aromatic carbocycles. The number of carbonyl (C=O) groups is 3. The van der Waals surface area contributed by atoms with Gasteiger partial charge in [0.15, 0.2) is 0 Å². The molecule has 1 fully saturated rings. The van der Waals surface area contributed by atoms with E-state index in [9.17, 15) is 14.4 Å². The number of nitrogens with zero attached hydrogens (tertiary/aromatic N) is 3. The van der Waals surface area contributed by atoms with E-state index < -0.39 is 12.0 Å². The van der Waals surface area contributed by atoms with Crippen molar-refractivity contribution in [3.05, 3.63) is 46.1 Å². The molecule has 3 rings (SSSR count). The molecule has 2 aliphatic heterocycles. The second-order valence-electron chi connectivity index (χ2n) is 9.52.